The molecule has 0 unspecified atom stereocenters. The van der Waals surface area contributed by atoms with Crippen molar-refractivity contribution < 1.29 is 0 Å². The van der Waals surface area contributed by atoms with E-state index < -0.39 is 0 Å². The van der Waals surface area contributed by atoms with E-state index in [9.17, 15) is 0 Å². The Kier molecular flexibility index (Phi) is 3.48. The first-order valence-electron chi connectivity index (χ1n) is 3.65. The normalized spacial score (nSPS) is 10.4. The van der Waals surface area contributed by atoms with Crippen molar-refractivity contribution in [3.05, 3.63) is 16.1 Å². The zero-order valence-electron chi connectivity index (χ0n) is 6.63. The molecule has 1 aromatic rings. The molecule has 1 heterocycles. The second-order valence-corrected chi connectivity index (χ2v) is 3.49. The Labute approximate surface area is 70.6 Å². The zero-order chi connectivity index (χ0) is 8.10. The minimum Gasteiger partial charge on any atom is -0.330 e. The summed E-state index contributed by atoms with van der Waals surface area (Å²) in [5, 5.41) is 4.22. The molecular formula is C7H13N3S. The average molecular weight is 171 g/mol. The van der Waals surface area contributed by atoms with E-state index >= 15 is 0 Å². The molecule has 1 rings (SSSR count). The van der Waals surface area contributed by atoms with Crippen molar-refractivity contribution in [2.75, 3.05) is 13.6 Å². The summed E-state index contributed by atoms with van der Waals surface area (Å²) in [4.78, 5) is 5.50. The standard InChI is InChI=1S/C7H13N3S/c1-9-4-6-5-10-7(11-6)2-3-8/h5,9H,2-4,8H2,1H3. The lowest BCUT2D eigenvalue weighted by atomic mass is 10.5. The summed E-state index contributed by atoms with van der Waals surface area (Å²) in [5.41, 5.74) is 5.39. The molecule has 0 bridgehead atoms. The van der Waals surface area contributed by atoms with Crippen LogP contribution in [0.25, 0.3) is 0 Å². The van der Waals surface area contributed by atoms with Gasteiger partial charge >= 0.3 is 0 Å². The summed E-state index contributed by atoms with van der Waals surface area (Å²) >= 11 is 1.73. The molecule has 4 heteroatoms. The number of rotatable bonds is 4. The minimum atomic E-state index is 0.687. The Morgan fingerprint density at radius 3 is 3.18 bits per heavy atom. The molecule has 11 heavy (non-hydrogen) atoms. The average Bonchev–Trinajstić information content (AvgIpc) is 2.38. The van der Waals surface area contributed by atoms with Gasteiger partial charge in [-0.3, -0.25) is 0 Å². The van der Waals surface area contributed by atoms with Crippen LogP contribution in [0.2, 0.25) is 0 Å². The van der Waals surface area contributed by atoms with Gasteiger partial charge in [0, 0.05) is 24.0 Å². The molecule has 0 aliphatic heterocycles. The van der Waals surface area contributed by atoms with Gasteiger partial charge in [0.05, 0.1) is 5.01 Å². The molecule has 3 N–H and O–H groups in total. The second-order valence-electron chi connectivity index (χ2n) is 2.29. The molecule has 62 valence electrons. The number of hydrogen-bond acceptors (Lipinski definition) is 4. The minimum absolute atomic E-state index is 0.687. The van der Waals surface area contributed by atoms with Gasteiger partial charge in [0.2, 0.25) is 0 Å². The van der Waals surface area contributed by atoms with E-state index in [1.165, 1.54) is 4.88 Å². The van der Waals surface area contributed by atoms with E-state index in [4.69, 9.17) is 5.73 Å². The highest BCUT2D eigenvalue weighted by molar-refractivity contribution is 7.11. The van der Waals surface area contributed by atoms with E-state index in [-0.39, 0.29) is 0 Å². The summed E-state index contributed by atoms with van der Waals surface area (Å²) in [5.74, 6) is 0. The van der Waals surface area contributed by atoms with Crippen molar-refractivity contribution in [2.24, 2.45) is 5.73 Å². The predicted octanol–water partition coefficient (Wildman–Crippen LogP) is 0.364. The third-order valence-electron chi connectivity index (χ3n) is 1.31. The fourth-order valence-electron chi connectivity index (χ4n) is 0.843. The monoisotopic (exact) mass is 171 g/mol. The molecule has 0 amide bonds. The molecule has 0 aromatic carbocycles. The highest BCUT2D eigenvalue weighted by Crippen LogP contribution is 2.12. The summed E-state index contributed by atoms with van der Waals surface area (Å²) in [6.45, 7) is 1.59. The molecule has 3 nitrogen and oxygen atoms in total. The highest BCUT2D eigenvalue weighted by atomic mass is 32.1. The van der Waals surface area contributed by atoms with Crippen LogP contribution in [0.4, 0.5) is 0 Å². The van der Waals surface area contributed by atoms with E-state index in [1.54, 1.807) is 11.3 Å². The maximum Gasteiger partial charge on any atom is 0.0940 e. The summed E-state index contributed by atoms with van der Waals surface area (Å²) in [7, 11) is 1.93. The quantitative estimate of drug-likeness (QED) is 0.688. The van der Waals surface area contributed by atoms with Crippen LogP contribution in [0.15, 0.2) is 6.20 Å². The van der Waals surface area contributed by atoms with Crippen molar-refractivity contribution in [1.82, 2.24) is 10.3 Å². The van der Waals surface area contributed by atoms with E-state index in [0.717, 1.165) is 18.0 Å². The Bertz CT molecular complexity index is 189. The first-order valence-corrected chi connectivity index (χ1v) is 4.46. The molecule has 0 fully saturated rings. The number of nitrogens with two attached hydrogens (primary N) is 1. The first-order chi connectivity index (χ1) is 5.36. The Balaban J connectivity index is 2.51. The zero-order valence-corrected chi connectivity index (χ0v) is 7.45. The Morgan fingerprint density at radius 2 is 2.55 bits per heavy atom. The molecule has 0 spiro atoms. The molecular weight excluding hydrogens is 158 g/mol. The van der Waals surface area contributed by atoms with Gasteiger partial charge in [0.1, 0.15) is 0 Å². The fourth-order valence-corrected chi connectivity index (χ4v) is 1.79. The SMILES string of the molecule is CNCc1cnc(CCN)s1. The molecule has 0 aliphatic carbocycles. The van der Waals surface area contributed by atoms with Crippen molar-refractivity contribution in [3.8, 4) is 0 Å². The lowest BCUT2D eigenvalue weighted by molar-refractivity contribution is 0.829. The number of thiazole rings is 1. The molecule has 0 saturated carbocycles. The summed E-state index contributed by atoms with van der Waals surface area (Å²) < 4.78 is 0. The molecule has 0 aliphatic rings. The Hall–Kier alpha value is -0.450. The molecule has 0 atom stereocenters. The maximum absolute atomic E-state index is 5.39. The summed E-state index contributed by atoms with van der Waals surface area (Å²) in [6.07, 6.45) is 2.81. The van der Waals surface area contributed by atoms with Gasteiger partial charge in [-0.15, -0.1) is 11.3 Å². The van der Waals surface area contributed by atoms with Crippen LogP contribution in [0.5, 0.6) is 0 Å². The van der Waals surface area contributed by atoms with Crippen LogP contribution >= 0.6 is 11.3 Å². The highest BCUT2D eigenvalue weighted by Gasteiger charge is 1.98. The van der Waals surface area contributed by atoms with Crippen LogP contribution in [0, 0.1) is 0 Å². The lowest BCUT2D eigenvalue weighted by Gasteiger charge is -1.90. The third-order valence-corrected chi connectivity index (χ3v) is 2.37. The van der Waals surface area contributed by atoms with Gasteiger partial charge < -0.3 is 11.1 Å². The van der Waals surface area contributed by atoms with Gasteiger partial charge in [0.15, 0.2) is 0 Å². The summed E-state index contributed by atoms with van der Waals surface area (Å²) in [6, 6.07) is 0. The van der Waals surface area contributed by atoms with Gasteiger partial charge in [-0.1, -0.05) is 0 Å². The largest absolute Gasteiger partial charge is 0.330 e. The van der Waals surface area contributed by atoms with Gasteiger partial charge in [-0.2, -0.15) is 0 Å². The molecule has 1 aromatic heterocycles. The number of nitrogens with zero attached hydrogens (tertiary/aromatic N) is 1. The van der Waals surface area contributed by atoms with E-state index in [1.807, 2.05) is 13.2 Å². The maximum atomic E-state index is 5.39. The van der Waals surface area contributed by atoms with Crippen LogP contribution < -0.4 is 11.1 Å². The van der Waals surface area contributed by atoms with Crippen LogP contribution in [-0.4, -0.2) is 18.6 Å². The van der Waals surface area contributed by atoms with E-state index in [2.05, 4.69) is 10.3 Å². The second kappa shape index (κ2) is 4.43. The van der Waals surface area contributed by atoms with Gasteiger partial charge in [0.25, 0.3) is 0 Å². The van der Waals surface area contributed by atoms with Gasteiger partial charge in [-0.25, -0.2) is 4.98 Å². The van der Waals surface area contributed by atoms with Crippen molar-refractivity contribution in [3.63, 3.8) is 0 Å². The topological polar surface area (TPSA) is 50.9 Å². The van der Waals surface area contributed by atoms with Crippen LogP contribution in [0.1, 0.15) is 9.88 Å². The molecule has 0 saturated heterocycles. The fraction of sp³-hybridized carbons (Fsp3) is 0.571. The lowest BCUT2D eigenvalue weighted by Crippen LogP contribution is -2.02. The van der Waals surface area contributed by atoms with Crippen LogP contribution in [0.3, 0.4) is 0 Å². The van der Waals surface area contributed by atoms with Crippen LogP contribution in [-0.2, 0) is 13.0 Å². The Morgan fingerprint density at radius 1 is 1.73 bits per heavy atom. The van der Waals surface area contributed by atoms with Gasteiger partial charge in [-0.05, 0) is 13.6 Å². The third kappa shape index (κ3) is 2.57. The molecule has 0 radical (unpaired) electrons. The number of aromatic nitrogens is 1. The number of hydrogen-bond donors (Lipinski definition) is 2. The smallest absolute Gasteiger partial charge is 0.0940 e. The number of nitrogens with one attached hydrogen (secondary N) is 1. The van der Waals surface area contributed by atoms with Crippen molar-refractivity contribution in [2.45, 2.75) is 13.0 Å². The predicted molar refractivity (Wildman–Crippen MR) is 47.6 cm³/mol. The van der Waals surface area contributed by atoms with Crippen molar-refractivity contribution >= 4 is 11.3 Å². The van der Waals surface area contributed by atoms with E-state index in [0.29, 0.717) is 6.54 Å². The first kappa shape index (κ1) is 8.64. The van der Waals surface area contributed by atoms with Crippen molar-refractivity contribution in [1.29, 1.82) is 0 Å².